The number of benzene rings is 1. The van der Waals surface area contributed by atoms with Crippen molar-refractivity contribution in [2.24, 2.45) is 5.73 Å². The fraction of sp³-hybridized carbons (Fsp3) is 0.615. The highest BCUT2D eigenvalue weighted by molar-refractivity contribution is 5.92. The van der Waals surface area contributed by atoms with E-state index in [1.165, 1.54) is 4.90 Å². The minimum absolute atomic E-state index is 0.0130. The van der Waals surface area contributed by atoms with Crippen LogP contribution in [0.4, 0.5) is 4.79 Å². The van der Waals surface area contributed by atoms with Gasteiger partial charge in [-0.05, 0) is 65.0 Å². The first-order chi connectivity index (χ1) is 16.3. The summed E-state index contributed by atoms with van der Waals surface area (Å²) >= 11 is 0. The monoisotopic (exact) mass is 490 g/mol. The minimum atomic E-state index is -1.09. The Labute approximate surface area is 209 Å². The number of hydrogen-bond donors (Lipinski definition) is 3. The zero-order valence-electron chi connectivity index (χ0n) is 22.1. The van der Waals surface area contributed by atoms with Crippen LogP contribution in [0.25, 0.3) is 0 Å². The smallest absolute Gasteiger partial charge is 0.408 e. The molecule has 0 bridgehead atoms. The second-order valence-corrected chi connectivity index (χ2v) is 9.90. The van der Waals surface area contributed by atoms with E-state index in [0.29, 0.717) is 12.0 Å². The molecule has 0 aliphatic heterocycles. The van der Waals surface area contributed by atoms with Crippen LogP contribution in [0.5, 0.6) is 0 Å². The number of carbonyl (C=O) groups is 4. The number of nitrogens with zero attached hydrogens (tertiary/aromatic N) is 1. The molecule has 35 heavy (non-hydrogen) atoms. The highest BCUT2D eigenvalue weighted by atomic mass is 16.6. The number of nitrogens with two attached hydrogens (primary N) is 1. The van der Waals surface area contributed by atoms with Crippen molar-refractivity contribution in [3.63, 3.8) is 0 Å². The van der Waals surface area contributed by atoms with E-state index >= 15 is 0 Å². The fourth-order valence-corrected chi connectivity index (χ4v) is 3.57. The highest BCUT2D eigenvalue weighted by Gasteiger charge is 2.36. The zero-order chi connectivity index (χ0) is 26.8. The Morgan fingerprint density at radius 2 is 1.63 bits per heavy atom. The molecule has 0 spiro atoms. The third-order valence-corrected chi connectivity index (χ3v) is 5.11. The van der Waals surface area contributed by atoms with Crippen molar-refractivity contribution < 1.29 is 23.9 Å². The van der Waals surface area contributed by atoms with E-state index in [1.54, 1.807) is 20.8 Å². The number of hydrogen-bond acceptors (Lipinski definition) is 5. The molecule has 1 aromatic carbocycles. The maximum atomic E-state index is 13.8. The normalized spacial score (nSPS) is 13.0. The third-order valence-electron chi connectivity index (χ3n) is 5.11. The molecule has 196 valence electrons. The van der Waals surface area contributed by atoms with Gasteiger partial charge in [-0.15, -0.1) is 0 Å². The van der Waals surface area contributed by atoms with Crippen molar-refractivity contribution >= 4 is 23.8 Å². The average Bonchev–Trinajstić information content (AvgIpc) is 2.74. The summed E-state index contributed by atoms with van der Waals surface area (Å²) < 4.78 is 5.32. The molecule has 1 aromatic rings. The number of aryl methyl sites for hydroxylation is 1. The van der Waals surface area contributed by atoms with Gasteiger partial charge in [0.15, 0.2) is 0 Å². The molecule has 1 rings (SSSR count). The molecule has 0 saturated heterocycles. The maximum absolute atomic E-state index is 13.8. The predicted octanol–water partition coefficient (Wildman–Crippen LogP) is 3.21. The molecule has 0 aliphatic carbocycles. The molecule has 2 unspecified atom stereocenters. The summed E-state index contributed by atoms with van der Waals surface area (Å²) in [6.45, 7) is 13.0. The minimum Gasteiger partial charge on any atom is -0.444 e. The first-order valence-corrected chi connectivity index (χ1v) is 12.3. The van der Waals surface area contributed by atoms with Crippen LogP contribution in [0.1, 0.15) is 84.9 Å². The Kier molecular flexibility index (Phi) is 11.7. The molecule has 9 heteroatoms. The number of primary amides is 1. The Hall–Kier alpha value is -3.10. The van der Waals surface area contributed by atoms with Crippen LogP contribution in [0.2, 0.25) is 0 Å². The Balaban J connectivity index is 3.42. The lowest BCUT2D eigenvalue weighted by atomic mass is 9.99. The molecule has 4 amide bonds. The summed E-state index contributed by atoms with van der Waals surface area (Å²) in [4.78, 5) is 52.6. The number of alkyl carbamates (subject to hydrolysis) is 1. The molecule has 0 aliphatic rings. The quantitative estimate of drug-likeness (QED) is 0.414. The van der Waals surface area contributed by atoms with Crippen LogP contribution in [0, 0.1) is 0 Å². The van der Waals surface area contributed by atoms with E-state index < -0.39 is 35.6 Å². The number of ether oxygens (including phenoxy) is 1. The van der Waals surface area contributed by atoms with Crippen molar-refractivity contribution in [2.75, 3.05) is 6.54 Å². The first kappa shape index (κ1) is 29.9. The van der Waals surface area contributed by atoms with Crippen molar-refractivity contribution in [3.05, 3.63) is 35.4 Å². The molecule has 0 aromatic heterocycles. The second-order valence-electron chi connectivity index (χ2n) is 9.90. The van der Waals surface area contributed by atoms with Crippen LogP contribution >= 0.6 is 0 Å². The van der Waals surface area contributed by atoms with Crippen LogP contribution in [0.3, 0.4) is 0 Å². The lowest BCUT2D eigenvalue weighted by molar-refractivity contribution is -0.143. The van der Waals surface area contributed by atoms with Gasteiger partial charge in [-0.25, -0.2) is 4.79 Å². The van der Waals surface area contributed by atoms with Crippen molar-refractivity contribution in [1.82, 2.24) is 15.5 Å². The van der Waals surface area contributed by atoms with Gasteiger partial charge in [0, 0.05) is 19.0 Å². The van der Waals surface area contributed by atoms with Gasteiger partial charge < -0.3 is 26.0 Å². The third kappa shape index (κ3) is 10.4. The Morgan fingerprint density at radius 3 is 2.09 bits per heavy atom. The summed E-state index contributed by atoms with van der Waals surface area (Å²) in [5, 5.41) is 5.49. The molecule has 0 heterocycles. The number of nitrogens with one attached hydrogen (secondary N) is 2. The van der Waals surface area contributed by atoms with Gasteiger partial charge in [0.25, 0.3) is 0 Å². The van der Waals surface area contributed by atoms with Gasteiger partial charge >= 0.3 is 6.09 Å². The molecule has 0 saturated carbocycles. The molecule has 4 N–H and O–H groups in total. The van der Waals surface area contributed by atoms with Gasteiger partial charge in [-0.2, -0.15) is 0 Å². The molecule has 0 fully saturated rings. The van der Waals surface area contributed by atoms with Gasteiger partial charge in [-0.1, -0.05) is 38.1 Å². The summed E-state index contributed by atoms with van der Waals surface area (Å²) in [6, 6.07) is 5.43. The van der Waals surface area contributed by atoms with Gasteiger partial charge in [0.1, 0.15) is 17.7 Å². The Morgan fingerprint density at radius 1 is 1.03 bits per heavy atom. The van der Waals surface area contributed by atoms with Crippen molar-refractivity contribution in [1.29, 1.82) is 0 Å². The second kappa shape index (κ2) is 13.7. The molecular weight excluding hydrogens is 448 g/mol. The standard InChI is InChI=1S/C26H42N4O5/c1-8-16-30(22(23(32)28-17(3)4)19-12-10-18(9-2)11-13-19)24(33)20(14-15-21(27)31)29-25(34)35-26(5,6)7/h10-13,17,20,22H,8-9,14-16H2,1-7H3,(H2,27,31)(H,28,32)(H,29,34). The molecule has 2 atom stereocenters. The van der Waals surface area contributed by atoms with E-state index in [4.69, 9.17) is 10.5 Å². The lowest BCUT2D eigenvalue weighted by Gasteiger charge is -2.34. The summed E-state index contributed by atoms with van der Waals surface area (Å²) in [5.74, 6) is -1.40. The Bertz CT molecular complexity index is 861. The SMILES string of the molecule is CCCN(C(=O)C(CCC(N)=O)NC(=O)OC(C)(C)C)C(C(=O)NC(C)C)c1ccc(CC)cc1. The molecule has 0 radical (unpaired) electrons. The summed E-state index contributed by atoms with van der Waals surface area (Å²) in [5.41, 5.74) is 6.31. The van der Waals surface area contributed by atoms with Crippen LogP contribution in [0.15, 0.2) is 24.3 Å². The average molecular weight is 491 g/mol. The fourth-order valence-electron chi connectivity index (χ4n) is 3.57. The largest absolute Gasteiger partial charge is 0.444 e. The van der Waals surface area contributed by atoms with E-state index in [1.807, 2.05) is 52.0 Å². The molecule has 9 nitrogen and oxygen atoms in total. The summed E-state index contributed by atoms with van der Waals surface area (Å²) in [6.07, 6.45) is 0.517. The summed E-state index contributed by atoms with van der Waals surface area (Å²) in [7, 11) is 0. The van der Waals surface area contributed by atoms with E-state index in [0.717, 1.165) is 12.0 Å². The van der Waals surface area contributed by atoms with E-state index in [9.17, 15) is 19.2 Å². The highest BCUT2D eigenvalue weighted by Crippen LogP contribution is 2.25. The van der Waals surface area contributed by atoms with Crippen LogP contribution < -0.4 is 16.4 Å². The van der Waals surface area contributed by atoms with Gasteiger partial charge in [0.05, 0.1) is 0 Å². The maximum Gasteiger partial charge on any atom is 0.408 e. The van der Waals surface area contributed by atoms with Gasteiger partial charge in [0.2, 0.25) is 17.7 Å². The first-order valence-electron chi connectivity index (χ1n) is 12.3. The topological polar surface area (TPSA) is 131 Å². The van der Waals surface area contributed by atoms with E-state index in [2.05, 4.69) is 10.6 Å². The van der Waals surface area contributed by atoms with Crippen LogP contribution in [-0.2, 0) is 25.5 Å². The van der Waals surface area contributed by atoms with Crippen molar-refractivity contribution in [3.8, 4) is 0 Å². The lowest BCUT2D eigenvalue weighted by Crippen LogP contribution is -2.53. The number of amides is 4. The zero-order valence-corrected chi connectivity index (χ0v) is 22.1. The van der Waals surface area contributed by atoms with Crippen LogP contribution in [-0.4, -0.2) is 52.9 Å². The number of rotatable bonds is 12. The predicted molar refractivity (Wildman–Crippen MR) is 135 cm³/mol. The van der Waals surface area contributed by atoms with Gasteiger partial charge in [-0.3, -0.25) is 14.4 Å². The van der Waals surface area contributed by atoms with Crippen molar-refractivity contribution in [2.45, 2.75) is 97.9 Å². The number of carbonyl (C=O) groups excluding carboxylic acids is 4. The van der Waals surface area contributed by atoms with E-state index in [-0.39, 0.29) is 31.3 Å². The molecular formula is C26H42N4O5.